The molecule has 2 atom stereocenters. The number of aryl methyl sites for hydroxylation is 1. The van der Waals surface area contributed by atoms with Gasteiger partial charge in [-0.15, -0.1) is 0 Å². The van der Waals surface area contributed by atoms with Crippen molar-refractivity contribution in [3.63, 3.8) is 0 Å². The molecule has 0 saturated carbocycles. The Bertz CT molecular complexity index is 386. The first-order valence-corrected chi connectivity index (χ1v) is 7.18. The van der Waals surface area contributed by atoms with Crippen LogP contribution in [-0.4, -0.2) is 25.2 Å². The van der Waals surface area contributed by atoms with Gasteiger partial charge >= 0.3 is 0 Å². The monoisotopic (exact) mass is 246 g/mol. The van der Waals surface area contributed by atoms with Crippen molar-refractivity contribution >= 4 is 5.69 Å². The molecule has 1 aromatic carbocycles. The summed E-state index contributed by atoms with van der Waals surface area (Å²) in [5, 5.41) is 3.69. The van der Waals surface area contributed by atoms with Gasteiger partial charge in [0, 0.05) is 30.9 Å². The number of hydrogen-bond acceptors (Lipinski definition) is 2. The standard InChI is InChI=1S/C16H26N2/c1-5-14-10-17-16(12(2)3)11-18(14)15-8-6-7-13(4)9-15/h6-9,12,14,16-17H,5,10-11H2,1-4H3. The lowest BCUT2D eigenvalue weighted by Gasteiger charge is -2.43. The van der Waals surface area contributed by atoms with Crippen LogP contribution in [0.5, 0.6) is 0 Å². The number of hydrogen-bond donors (Lipinski definition) is 1. The van der Waals surface area contributed by atoms with E-state index in [9.17, 15) is 0 Å². The van der Waals surface area contributed by atoms with Crippen molar-refractivity contribution in [1.29, 1.82) is 0 Å². The van der Waals surface area contributed by atoms with Gasteiger partial charge in [-0.3, -0.25) is 0 Å². The van der Waals surface area contributed by atoms with Crippen LogP contribution in [0.3, 0.4) is 0 Å². The summed E-state index contributed by atoms with van der Waals surface area (Å²) in [6, 6.07) is 10.1. The molecule has 0 spiro atoms. The quantitative estimate of drug-likeness (QED) is 0.881. The van der Waals surface area contributed by atoms with Gasteiger partial charge in [-0.25, -0.2) is 0 Å². The fourth-order valence-electron chi connectivity index (χ4n) is 2.76. The molecule has 1 N–H and O–H groups in total. The highest BCUT2D eigenvalue weighted by Gasteiger charge is 2.28. The molecule has 18 heavy (non-hydrogen) atoms. The highest BCUT2D eigenvalue weighted by molar-refractivity contribution is 5.50. The van der Waals surface area contributed by atoms with Gasteiger partial charge < -0.3 is 10.2 Å². The van der Waals surface area contributed by atoms with Crippen LogP contribution in [-0.2, 0) is 0 Å². The molecule has 100 valence electrons. The summed E-state index contributed by atoms with van der Waals surface area (Å²) < 4.78 is 0. The lowest BCUT2D eigenvalue weighted by atomic mass is 9.97. The molecular formula is C16H26N2. The van der Waals surface area contributed by atoms with Crippen LogP contribution >= 0.6 is 0 Å². The fourth-order valence-corrected chi connectivity index (χ4v) is 2.76. The second-order valence-electron chi connectivity index (χ2n) is 5.81. The van der Waals surface area contributed by atoms with Crippen LogP contribution in [0.1, 0.15) is 32.8 Å². The van der Waals surface area contributed by atoms with Gasteiger partial charge in [-0.1, -0.05) is 32.9 Å². The molecule has 0 radical (unpaired) electrons. The maximum atomic E-state index is 3.69. The molecule has 0 aliphatic carbocycles. The average molecular weight is 246 g/mol. The average Bonchev–Trinajstić information content (AvgIpc) is 2.38. The van der Waals surface area contributed by atoms with Gasteiger partial charge in [0.15, 0.2) is 0 Å². The minimum atomic E-state index is 0.605. The minimum Gasteiger partial charge on any atom is -0.366 e. The summed E-state index contributed by atoms with van der Waals surface area (Å²) >= 11 is 0. The zero-order valence-corrected chi connectivity index (χ0v) is 12.1. The van der Waals surface area contributed by atoms with Gasteiger partial charge in [0.1, 0.15) is 0 Å². The van der Waals surface area contributed by atoms with Crippen molar-refractivity contribution < 1.29 is 0 Å². The maximum absolute atomic E-state index is 3.69. The molecule has 2 rings (SSSR count). The van der Waals surface area contributed by atoms with Gasteiger partial charge in [0.25, 0.3) is 0 Å². The van der Waals surface area contributed by atoms with E-state index in [0.717, 1.165) is 13.1 Å². The van der Waals surface area contributed by atoms with E-state index in [1.807, 2.05) is 0 Å². The summed E-state index contributed by atoms with van der Waals surface area (Å²) in [6.07, 6.45) is 1.20. The lowest BCUT2D eigenvalue weighted by molar-refractivity contribution is 0.325. The first kappa shape index (κ1) is 13.4. The molecule has 1 aliphatic heterocycles. The first-order chi connectivity index (χ1) is 8.61. The molecular weight excluding hydrogens is 220 g/mol. The molecule has 1 aliphatic rings. The third-order valence-corrected chi connectivity index (χ3v) is 4.06. The Hall–Kier alpha value is -1.02. The van der Waals surface area contributed by atoms with Gasteiger partial charge in [-0.05, 0) is 37.0 Å². The number of anilines is 1. The van der Waals surface area contributed by atoms with Crippen LogP contribution in [0, 0.1) is 12.8 Å². The highest BCUT2D eigenvalue weighted by Crippen LogP contribution is 2.24. The van der Waals surface area contributed by atoms with E-state index in [2.05, 4.69) is 62.2 Å². The third-order valence-electron chi connectivity index (χ3n) is 4.06. The third kappa shape index (κ3) is 2.86. The minimum absolute atomic E-state index is 0.605. The predicted octanol–water partition coefficient (Wildman–Crippen LogP) is 3.21. The van der Waals surface area contributed by atoms with Crippen molar-refractivity contribution in [2.75, 3.05) is 18.0 Å². The zero-order chi connectivity index (χ0) is 13.1. The molecule has 1 saturated heterocycles. The predicted molar refractivity (Wildman–Crippen MR) is 79.2 cm³/mol. The largest absolute Gasteiger partial charge is 0.366 e. The van der Waals surface area contributed by atoms with E-state index >= 15 is 0 Å². The molecule has 1 fully saturated rings. The zero-order valence-electron chi connectivity index (χ0n) is 12.1. The highest BCUT2D eigenvalue weighted by atomic mass is 15.2. The summed E-state index contributed by atoms with van der Waals surface area (Å²) in [4.78, 5) is 2.59. The number of nitrogens with zero attached hydrogens (tertiary/aromatic N) is 1. The summed E-state index contributed by atoms with van der Waals surface area (Å²) in [7, 11) is 0. The second-order valence-corrected chi connectivity index (χ2v) is 5.81. The van der Waals surface area contributed by atoms with E-state index < -0.39 is 0 Å². The Morgan fingerprint density at radius 2 is 2.17 bits per heavy atom. The van der Waals surface area contributed by atoms with E-state index in [1.165, 1.54) is 17.7 Å². The molecule has 1 heterocycles. The Kier molecular flexibility index (Phi) is 4.28. The van der Waals surface area contributed by atoms with E-state index in [-0.39, 0.29) is 0 Å². The molecule has 0 bridgehead atoms. The van der Waals surface area contributed by atoms with Crippen molar-refractivity contribution in [2.24, 2.45) is 5.92 Å². The number of nitrogens with one attached hydrogen (secondary N) is 1. The smallest absolute Gasteiger partial charge is 0.0412 e. The van der Waals surface area contributed by atoms with Crippen LogP contribution < -0.4 is 10.2 Å². The van der Waals surface area contributed by atoms with Gasteiger partial charge in [-0.2, -0.15) is 0 Å². The normalized spacial score (nSPS) is 24.6. The maximum Gasteiger partial charge on any atom is 0.0412 e. The second kappa shape index (κ2) is 5.75. The van der Waals surface area contributed by atoms with Crippen LogP contribution in [0.2, 0.25) is 0 Å². The molecule has 1 aromatic rings. The molecule has 2 nitrogen and oxygen atoms in total. The molecule has 2 unspecified atom stereocenters. The van der Waals surface area contributed by atoms with Crippen LogP contribution in [0.4, 0.5) is 5.69 Å². The Morgan fingerprint density at radius 3 is 2.78 bits per heavy atom. The van der Waals surface area contributed by atoms with Crippen LogP contribution in [0.25, 0.3) is 0 Å². The first-order valence-electron chi connectivity index (χ1n) is 7.18. The number of benzene rings is 1. The summed E-state index contributed by atoms with van der Waals surface area (Å²) in [5.41, 5.74) is 2.73. The summed E-state index contributed by atoms with van der Waals surface area (Å²) in [5.74, 6) is 0.690. The lowest BCUT2D eigenvalue weighted by Crippen LogP contribution is -2.58. The van der Waals surface area contributed by atoms with Crippen LogP contribution in [0.15, 0.2) is 24.3 Å². The Labute approximate surface area is 111 Å². The van der Waals surface area contributed by atoms with Gasteiger partial charge in [0.05, 0.1) is 0 Å². The Balaban J connectivity index is 2.20. The number of rotatable bonds is 3. The SMILES string of the molecule is CCC1CNC(C(C)C)CN1c1cccc(C)c1. The fraction of sp³-hybridized carbons (Fsp3) is 0.625. The molecule has 0 amide bonds. The van der Waals surface area contributed by atoms with Crippen molar-refractivity contribution in [3.05, 3.63) is 29.8 Å². The topological polar surface area (TPSA) is 15.3 Å². The van der Waals surface area contributed by atoms with E-state index in [1.54, 1.807) is 0 Å². The van der Waals surface area contributed by atoms with Crippen molar-refractivity contribution in [3.8, 4) is 0 Å². The van der Waals surface area contributed by atoms with Crippen molar-refractivity contribution in [2.45, 2.75) is 46.2 Å². The summed E-state index contributed by atoms with van der Waals surface area (Å²) in [6.45, 7) is 11.3. The molecule has 0 aromatic heterocycles. The number of piperazine rings is 1. The van der Waals surface area contributed by atoms with Crippen molar-refractivity contribution in [1.82, 2.24) is 5.32 Å². The Morgan fingerprint density at radius 1 is 1.39 bits per heavy atom. The van der Waals surface area contributed by atoms with E-state index in [4.69, 9.17) is 0 Å². The molecule has 2 heteroatoms. The van der Waals surface area contributed by atoms with Gasteiger partial charge in [0.2, 0.25) is 0 Å². The van der Waals surface area contributed by atoms with E-state index in [0.29, 0.717) is 18.0 Å².